The molecule has 4 heterocycles. The first-order valence-corrected chi connectivity index (χ1v) is 16.4. The van der Waals surface area contributed by atoms with E-state index in [0.29, 0.717) is 47.9 Å². The summed E-state index contributed by atoms with van der Waals surface area (Å²) in [6.07, 6.45) is 11.8. The number of benzene rings is 1. The lowest BCUT2D eigenvalue weighted by atomic mass is 9.82. The van der Waals surface area contributed by atoms with E-state index < -0.39 is 6.98 Å². The normalized spacial score (nSPS) is 25.4. The van der Waals surface area contributed by atoms with E-state index >= 15 is 0 Å². The predicted octanol–water partition coefficient (Wildman–Crippen LogP) is 6.25. The number of nitrogens with zero attached hydrogens (tertiary/aromatic N) is 6. The molecule has 2 aromatic heterocycles. The minimum absolute atomic E-state index is 0.121. The van der Waals surface area contributed by atoms with Crippen LogP contribution in [0.4, 0.5) is 5.69 Å². The van der Waals surface area contributed by atoms with Crippen molar-refractivity contribution in [3.8, 4) is 17.1 Å². The fourth-order valence-electron chi connectivity index (χ4n) is 7.63. The van der Waals surface area contributed by atoms with Gasteiger partial charge in [0.05, 0.1) is 24.1 Å². The van der Waals surface area contributed by atoms with Gasteiger partial charge < -0.3 is 14.5 Å². The average molecular weight is 598 g/mol. The lowest BCUT2D eigenvalue weighted by molar-refractivity contribution is 0.100. The van der Waals surface area contributed by atoms with Crippen LogP contribution in [0, 0.1) is 24.7 Å². The standard InChI is InChI=1S/C36H46N6O2/c1-23-16-29-19-32(38-23)31-21-37-41(4)36(31)44-15-5-6-27(26-10-11-26)22-42-33-14-9-25(18-28(33)20-34(42)39-35(29)43)17-24-7-12-30(13-8-24)40(2)3/h9,14,16,18-19,21,24,26-27,30H,5-8,10-13,15,17,20,22H2,1-4H3/t24?,27-,30?/m1/s1/i2D3. The van der Waals surface area contributed by atoms with Crippen molar-refractivity contribution in [3.63, 3.8) is 0 Å². The van der Waals surface area contributed by atoms with E-state index in [4.69, 9.17) is 18.8 Å². The zero-order valence-corrected chi connectivity index (χ0v) is 26.3. The molecule has 0 radical (unpaired) electrons. The highest BCUT2D eigenvalue weighted by molar-refractivity contribution is 6.12. The third-order valence-electron chi connectivity index (χ3n) is 10.2. The third kappa shape index (κ3) is 6.06. The number of rotatable bonds is 4. The van der Waals surface area contributed by atoms with Crippen molar-refractivity contribution in [3.05, 3.63) is 58.9 Å². The first-order valence-electron chi connectivity index (χ1n) is 17.9. The van der Waals surface area contributed by atoms with Crippen molar-refractivity contribution in [2.75, 3.05) is 32.1 Å². The Balaban J connectivity index is 1.16. The van der Waals surface area contributed by atoms with Crippen LogP contribution in [0.2, 0.25) is 0 Å². The number of pyridine rings is 1. The minimum atomic E-state index is -2.03. The number of hydrogen-bond donors (Lipinski definition) is 0. The smallest absolute Gasteiger partial charge is 0.278 e. The van der Waals surface area contributed by atoms with Crippen LogP contribution in [-0.4, -0.2) is 64.6 Å². The lowest BCUT2D eigenvalue weighted by Crippen LogP contribution is -2.34. The van der Waals surface area contributed by atoms with Gasteiger partial charge in [-0.15, -0.1) is 0 Å². The van der Waals surface area contributed by atoms with Crippen LogP contribution in [-0.2, 0) is 19.9 Å². The van der Waals surface area contributed by atoms with Crippen molar-refractivity contribution >= 4 is 17.4 Å². The number of aliphatic imine (C=N–C) groups is 1. The summed E-state index contributed by atoms with van der Waals surface area (Å²) in [7, 11) is 3.60. The minimum Gasteiger partial charge on any atom is -0.477 e. The van der Waals surface area contributed by atoms with Gasteiger partial charge in [-0.25, -0.2) is 4.68 Å². The van der Waals surface area contributed by atoms with Gasteiger partial charge in [-0.2, -0.15) is 10.1 Å². The van der Waals surface area contributed by atoms with Gasteiger partial charge in [0.1, 0.15) is 5.84 Å². The zero-order chi connectivity index (χ0) is 32.9. The van der Waals surface area contributed by atoms with Crippen LogP contribution < -0.4 is 9.64 Å². The second kappa shape index (κ2) is 12.1. The number of ether oxygens (including phenoxy) is 1. The zero-order valence-electron chi connectivity index (χ0n) is 29.3. The predicted molar refractivity (Wildman–Crippen MR) is 175 cm³/mol. The van der Waals surface area contributed by atoms with Crippen molar-refractivity contribution in [2.45, 2.75) is 77.2 Å². The second-order valence-electron chi connectivity index (χ2n) is 13.5. The molecule has 0 saturated heterocycles. The Labute approximate surface area is 265 Å². The Hall–Kier alpha value is -3.52. The molecule has 8 nitrogen and oxygen atoms in total. The highest BCUT2D eigenvalue weighted by atomic mass is 16.5. The van der Waals surface area contributed by atoms with Crippen molar-refractivity contribution in [1.29, 1.82) is 0 Å². The molecule has 1 aromatic carbocycles. The molecular weight excluding hydrogens is 548 g/mol. The SMILES string of the molecule is [2H]C([2H])([2H])N(C)C1CCC(Cc2ccc3c(c2)CC2=NC(=O)c4cc(C)nc(c4)-c4cnn(C)c4OCCC[C@@H](C4CC4)CN23)CC1. The van der Waals surface area contributed by atoms with Gasteiger partial charge in [0.15, 0.2) is 0 Å². The van der Waals surface area contributed by atoms with Crippen LogP contribution >= 0.6 is 0 Å². The number of carbonyl (C=O) groups excluding carboxylic acids is 1. The highest BCUT2D eigenvalue weighted by Crippen LogP contribution is 2.42. The average Bonchev–Trinajstić information content (AvgIpc) is 3.74. The summed E-state index contributed by atoms with van der Waals surface area (Å²) in [6.45, 7) is 1.31. The molecular formula is C36H46N6O2. The number of aromatic nitrogens is 3. The van der Waals surface area contributed by atoms with Gasteiger partial charge in [0.2, 0.25) is 5.88 Å². The molecule has 7 rings (SSSR count). The van der Waals surface area contributed by atoms with E-state index in [0.717, 1.165) is 68.6 Å². The molecule has 3 aromatic rings. The van der Waals surface area contributed by atoms with Crippen LogP contribution in [0.15, 0.2) is 41.5 Å². The monoisotopic (exact) mass is 597 g/mol. The number of amidine groups is 1. The molecule has 44 heavy (non-hydrogen) atoms. The maximum atomic E-state index is 13.8. The maximum absolute atomic E-state index is 13.8. The summed E-state index contributed by atoms with van der Waals surface area (Å²) >= 11 is 0. The molecule has 1 amide bonds. The van der Waals surface area contributed by atoms with E-state index in [2.05, 4.69) is 28.2 Å². The first-order chi connectivity index (χ1) is 22.5. The summed E-state index contributed by atoms with van der Waals surface area (Å²) in [5.41, 5.74) is 6.41. The molecule has 0 N–H and O–H groups in total. The summed E-state index contributed by atoms with van der Waals surface area (Å²) < 4.78 is 31.4. The Bertz CT molecular complexity index is 1670. The molecule has 0 unspecified atom stereocenters. The van der Waals surface area contributed by atoms with E-state index in [1.54, 1.807) is 22.8 Å². The molecule has 1 atom stereocenters. The van der Waals surface area contributed by atoms with Crippen molar-refractivity contribution in [1.82, 2.24) is 19.7 Å². The first kappa shape index (κ1) is 25.8. The largest absolute Gasteiger partial charge is 0.477 e. The number of carbonyl (C=O) groups is 1. The molecule has 232 valence electrons. The number of anilines is 1. The Morgan fingerprint density at radius 3 is 2.70 bits per heavy atom. The second-order valence-corrected chi connectivity index (χ2v) is 13.5. The van der Waals surface area contributed by atoms with Gasteiger partial charge in [0, 0.05) is 47.1 Å². The van der Waals surface area contributed by atoms with Gasteiger partial charge in [0.25, 0.3) is 5.91 Å². The number of amides is 1. The van der Waals surface area contributed by atoms with E-state index in [1.165, 1.54) is 29.7 Å². The summed E-state index contributed by atoms with van der Waals surface area (Å²) in [5, 5.41) is 4.44. The number of aryl methyl sites for hydroxylation is 2. The Kier molecular flexibility index (Phi) is 7.09. The Morgan fingerprint density at radius 2 is 1.91 bits per heavy atom. The summed E-state index contributed by atoms with van der Waals surface area (Å²) in [4.78, 5) is 27.3. The van der Waals surface area contributed by atoms with Crippen molar-refractivity contribution in [2.24, 2.45) is 29.8 Å². The van der Waals surface area contributed by atoms with E-state index in [-0.39, 0.29) is 11.9 Å². The van der Waals surface area contributed by atoms with Gasteiger partial charge in [-0.1, -0.05) is 12.1 Å². The lowest BCUT2D eigenvalue weighted by Gasteiger charge is -2.32. The molecule has 8 heteroatoms. The molecule has 2 fully saturated rings. The van der Waals surface area contributed by atoms with Crippen LogP contribution in [0.1, 0.15) is 82.7 Å². The quantitative estimate of drug-likeness (QED) is 0.354. The highest BCUT2D eigenvalue weighted by Gasteiger charge is 2.36. The number of hydrogen-bond acceptors (Lipinski definition) is 6. The van der Waals surface area contributed by atoms with E-state index in [1.807, 2.05) is 26.1 Å². The number of fused-ring (bicyclic) bond motifs is 7. The molecule has 0 spiro atoms. The topological polar surface area (TPSA) is 75.8 Å². The van der Waals surface area contributed by atoms with Crippen LogP contribution in [0.3, 0.4) is 0 Å². The molecule has 4 aliphatic rings. The molecule has 2 saturated carbocycles. The summed E-state index contributed by atoms with van der Waals surface area (Å²) in [5.74, 6) is 2.98. The third-order valence-corrected chi connectivity index (χ3v) is 10.2. The van der Waals surface area contributed by atoms with Crippen molar-refractivity contribution < 1.29 is 13.6 Å². The van der Waals surface area contributed by atoms with Gasteiger partial charge in [-0.3, -0.25) is 9.78 Å². The van der Waals surface area contributed by atoms with Gasteiger partial charge in [-0.05, 0) is 126 Å². The fourth-order valence-corrected chi connectivity index (χ4v) is 7.63. The Morgan fingerprint density at radius 1 is 1.07 bits per heavy atom. The maximum Gasteiger partial charge on any atom is 0.278 e. The fraction of sp³-hybridized carbons (Fsp3) is 0.556. The summed E-state index contributed by atoms with van der Waals surface area (Å²) in [6, 6.07) is 10.6. The van der Waals surface area contributed by atoms with Crippen LogP contribution in [0.5, 0.6) is 5.88 Å². The molecule has 2 bridgehead atoms. The van der Waals surface area contributed by atoms with Crippen LogP contribution in [0.25, 0.3) is 11.3 Å². The molecule has 2 aliphatic heterocycles. The van der Waals surface area contributed by atoms with E-state index in [9.17, 15) is 4.79 Å². The molecule has 2 aliphatic carbocycles. The van der Waals surface area contributed by atoms with Gasteiger partial charge >= 0.3 is 0 Å².